The van der Waals surface area contributed by atoms with Crippen molar-refractivity contribution in [2.75, 3.05) is 24.6 Å². The average molecular weight is 487 g/mol. The van der Waals surface area contributed by atoms with Crippen LogP contribution < -0.4 is 10.3 Å². The van der Waals surface area contributed by atoms with Crippen molar-refractivity contribution >= 4 is 11.8 Å². The van der Waals surface area contributed by atoms with Crippen LogP contribution in [0.15, 0.2) is 10.9 Å². The molecular weight excluding hydrogens is 461 g/mol. The zero-order chi connectivity index (χ0) is 25.4. The molecule has 3 heterocycles. The molecule has 0 spiro atoms. The number of H-pyrrole nitrogens is 1. The fourth-order valence-corrected chi connectivity index (χ4v) is 4.12. The second-order valence-electron chi connectivity index (χ2n) is 8.39. The molecule has 1 aliphatic heterocycles. The number of ether oxygens (including phenoxy) is 1. The van der Waals surface area contributed by atoms with Crippen LogP contribution in [0.5, 0.6) is 0 Å². The molecule has 0 saturated carbocycles. The van der Waals surface area contributed by atoms with Crippen molar-refractivity contribution in [2.24, 2.45) is 0 Å². The Morgan fingerprint density at radius 3 is 2.50 bits per heavy atom. The molecule has 1 saturated heterocycles. The smallest absolute Gasteiger partial charge is 0.433 e. The van der Waals surface area contributed by atoms with Crippen molar-refractivity contribution in [2.45, 2.75) is 59.1 Å². The number of aryl methyl sites for hydroxylation is 2. The van der Waals surface area contributed by atoms with E-state index >= 15 is 0 Å². The number of esters is 1. The van der Waals surface area contributed by atoms with Crippen LogP contribution in [-0.4, -0.2) is 41.6 Å². The van der Waals surface area contributed by atoms with Crippen LogP contribution in [0.3, 0.4) is 0 Å². The van der Waals surface area contributed by atoms with Crippen molar-refractivity contribution in [3.05, 3.63) is 44.4 Å². The van der Waals surface area contributed by atoms with Crippen molar-refractivity contribution in [3.8, 4) is 11.3 Å². The minimum Gasteiger partial charge on any atom is -0.462 e. The van der Waals surface area contributed by atoms with E-state index in [2.05, 4.69) is 9.97 Å². The lowest BCUT2D eigenvalue weighted by Crippen LogP contribution is -2.29. The summed E-state index contributed by atoms with van der Waals surface area (Å²) >= 11 is 0. The molecule has 2 aromatic rings. The van der Waals surface area contributed by atoms with Gasteiger partial charge in [0.25, 0.3) is 0 Å². The van der Waals surface area contributed by atoms with Gasteiger partial charge in [-0.2, -0.15) is 13.2 Å². The highest BCUT2D eigenvalue weighted by atomic mass is 19.4. The summed E-state index contributed by atoms with van der Waals surface area (Å²) in [7, 11) is 0. The molecule has 0 unspecified atom stereocenters. The molecule has 6 nitrogen and oxygen atoms in total. The molecule has 0 bridgehead atoms. The first kappa shape index (κ1) is 25.6. The van der Waals surface area contributed by atoms with Crippen LogP contribution in [0.25, 0.3) is 11.3 Å². The molecule has 3 rings (SSSR count). The molecule has 186 valence electrons. The molecule has 0 aromatic carbocycles. The standard InChI is InChI=1S/C23H26F5N3O3/c1-5-34-21(33)16-14(4)29-17(13(3)18(16)32)15-11-12(2)19(23(26,27)28)30-20(15)31-9-6-7-22(24,25)8-10-31/h11H,5-10H2,1-4H3,(H,29,32). The minimum atomic E-state index is -4.75. The fraction of sp³-hybridized carbons (Fsp3) is 0.522. The fourth-order valence-electron chi connectivity index (χ4n) is 4.12. The van der Waals surface area contributed by atoms with Gasteiger partial charge in [-0.05, 0) is 45.7 Å². The number of rotatable bonds is 4. The molecule has 0 radical (unpaired) electrons. The summed E-state index contributed by atoms with van der Waals surface area (Å²) in [5.41, 5.74) is -1.53. The number of carbonyl (C=O) groups excluding carboxylic acids is 1. The lowest BCUT2D eigenvalue weighted by atomic mass is 10.00. The molecule has 0 aliphatic carbocycles. The Bertz CT molecular complexity index is 1160. The summed E-state index contributed by atoms with van der Waals surface area (Å²) in [6.07, 6.45) is -5.58. The highest BCUT2D eigenvalue weighted by Gasteiger charge is 2.38. The van der Waals surface area contributed by atoms with Gasteiger partial charge in [-0.1, -0.05) is 0 Å². The van der Waals surface area contributed by atoms with Gasteiger partial charge in [0, 0.05) is 42.8 Å². The van der Waals surface area contributed by atoms with Gasteiger partial charge in [0.15, 0.2) is 5.43 Å². The third kappa shape index (κ3) is 5.07. The Morgan fingerprint density at radius 2 is 1.88 bits per heavy atom. The molecule has 11 heteroatoms. The van der Waals surface area contributed by atoms with Crippen LogP contribution >= 0.6 is 0 Å². The Kier molecular flexibility index (Phi) is 7.05. The summed E-state index contributed by atoms with van der Waals surface area (Å²) in [5, 5.41) is 0. The molecule has 34 heavy (non-hydrogen) atoms. The van der Waals surface area contributed by atoms with Crippen LogP contribution in [0, 0.1) is 20.8 Å². The van der Waals surface area contributed by atoms with Crippen LogP contribution in [0.4, 0.5) is 27.8 Å². The summed E-state index contributed by atoms with van der Waals surface area (Å²) in [4.78, 5) is 33.5. The van der Waals surface area contributed by atoms with E-state index in [9.17, 15) is 31.5 Å². The number of anilines is 1. The monoisotopic (exact) mass is 487 g/mol. The SMILES string of the molecule is CCOC(=O)c1c(C)[nH]c(-c2cc(C)c(C(F)(F)F)nc2N2CCCC(F)(F)CC2)c(C)c1=O. The lowest BCUT2D eigenvalue weighted by Gasteiger charge is -2.27. The highest BCUT2D eigenvalue weighted by molar-refractivity contribution is 5.91. The van der Waals surface area contributed by atoms with Crippen molar-refractivity contribution in [3.63, 3.8) is 0 Å². The summed E-state index contributed by atoms with van der Waals surface area (Å²) < 4.78 is 73.8. The predicted octanol–water partition coefficient (Wildman–Crippen LogP) is 5.18. The zero-order valence-electron chi connectivity index (χ0n) is 19.3. The predicted molar refractivity (Wildman–Crippen MR) is 116 cm³/mol. The van der Waals surface area contributed by atoms with Crippen molar-refractivity contribution in [1.82, 2.24) is 9.97 Å². The highest BCUT2D eigenvalue weighted by Crippen LogP contribution is 2.39. The molecular formula is C23H26F5N3O3. The van der Waals surface area contributed by atoms with Crippen LogP contribution in [-0.2, 0) is 10.9 Å². The van der Waals surface area contributed by atoms with Gasteiger partial charge in [-0.25, -0.2) is 18.6 Å². The van der Waals surface area contributed by atoms with Gasteiger partial charge < -0.3 is 14.6 Å². The quantitative estimate of drug-likeness (QED) is 0.475. The minimum absolute atomic E-state index is 0.0598. The first-order chi connectivity index (χ1) is 15.8. The van der Waals surface area contributed by atoms with E-state index in [1.807, 2.05) is 0 Å². The number of hydrogen-bond donors (Lipinski definition) is 1. The first-order valence-electron chi connectivity index (χ1n) is 10.9. The Balaban J connectivity index is 2.25. The topological polar surface area (TPSA) is 75.3 Å². The van der Waals surface area contributed by atoms with E-state index in [4.69, 9.17) is 4.74 Å². The van der Waals surface area contributed by atoms with Gasteiger partial charge in [-0.15, -0.1) is 0 Å². The third-order valence-corrected chi connectivity index (χ3v) is 5.86. The second kappa shape index (κ2) is 9.34. The zero-order valence-corrected chi connectivity index (χ0v) is 19.3. The molecule has 1 fully saturated rings. The van der Waals surface area contributed by atoms with Crippen LogP contribution in [0.2, 0.25) is 0 Å². The Labute approximate surface area is 193 Å². The number of nitrogens with zero attached hydrogens (tertiary/aromatic N) is 2. The van der Waals surface area contributed by atoms with Gasteiger partial charge in [0.05, 0.1) is 12.3 Å². The summed E-state index contributed by atoms with van der Waals surface area (Å²) in [5.74, 6) is -3.88. The number of pyridine rings is 2. The lowest BCUT2D eigenvalue weighted by molar-refractivity contribution is -0.141. The molecule has 1 aliphatic rings. The number of hydrogen-bond acceptors (Lipinski definition) is 5. The van der Waals surface area contributed by atoms with Crippen molar-refractivity contribution < 1.29 is 31.5 Å². The number of halogens is 5. The third-order valence-electron chi connectivity index (χ3n) is 5.86. The molecule has 0 amide bonds. The number of carbonyl (C=O) groups is 1. The maximum atomic E-state index is 13.9. The number of nitrogens with one attached hydrogen (secondary N) is 1. The van der Waals surface area contributed by atoms with Gasteiger partial charge in [0.2, 0.25) is 5.92 Å². The number of aromatic amines is 1. The van der Waals surface area contributed by atoms with Crippen molar-refractivity contribution in [1.29, 1.82) is 0 Å². The van der Waals surface area contributed by atoms with E-state index in [1.54, 1.807) is 6.92 Å². The van der Waals surface area contributed by atoms with Gasteiger partial charge in [-0.3, -0.25) is 4.79 Å². The Morgan fingerprint density at radius 1 is 1.21 bits per heavy atom. The van der Waals surface area contributed by atoms with E-state index in [0.29, 0.717) is 0 Å². The van der Waals surface area contributed by atoms with E-state index in [-0.39, 0.29) is 72.0 Å². The van der Waals surface area contributed by atoms with Gasteiger partial charge >= 0.3 is 12.1 Å². The number of alkyl halides is 5. The van der Waals surface area contributed by atoms with E-state index < -0.39 is 35.6 Å². The largest absolute Gasteiger partial charge is 0.462 e. The number of aromatic nitrogens is 2. The van der Waals surface area contributed by atoms with E-state index in [0.717, 1.165) is 0 Å². The maximum Gasteiger partial charge on any atom is 0.433 e. The van der Waals surface area contributed by atoms with E-state index in [1.165, 1.54) is 31.7 Å². The summed E-state index contributed by atoms with van der Waals surface area (Å²) in [6, 6.07) is 1.25. The first-order valence-corrected chi connectivity index (χ1v) is 10.9. The normalized spacial score (nSPS) is 16.3. The summed E-state index contributed by atoms with van der Waals surface area (Å²) in [6.45, 7) is 5.69. The molecule has 2 aromatic heterocycles. The van der Waals surface area contributed by atoms with Gasteiger partial charge in [0.1, 0.15) is 17.1 Å². The maximum absolute atomic E-state index is 13.9. The molecule has 0 atom stereocenters. The second-order valence-corrected chi connectivity index (χ2v) is 8.39. The van der Waals surface area contributed by atoms with Crippen LogP contribution in [0.1, 0.15) is 59.1 Å². The molecule has 1 N–H and O–H groups in total. The Hall–Kier alpha value is -2.98. The average Bonchev–Trinajstić information content (AvgIpc) is 2.90.